The number of nitrogens with zero attached hydrogens (tertiary/aromatic N) is 3. The molecule has 0 radical (unpaired) electrons. The lowest BCUT2D eigenvalue weighted by Gasteiger charge is -2.25. The molecule has 3 aromatic carbocycles. The molecule has 4 heterocycles. The number of aryl methyl sites for hydroxylation is 2. The number of aromatic amines is 2. The van der Waals surface area contributed by atoms with Gasteiger partial charge in [0, 0.05) is 77.4 Å². The van der Waals surface area contributed by atoms with E-state index in [0.29, 0.717) is 19.4 Å². The van der Waals surface area contributed by atoms with Gasteiger partial charge in [0.05, 0.1) is 39.9 Å². The number of hydrogen-bond acceptors (Lipinski definition) is 5. The molecule has 1 saturated heterocycles. The molecule has 10 heteroatoms. The number of aromatic nitrogens is 5. The number of ether oxygens (including phenoxy) is 2. The standard InChI is InChI=1S/C37H41N7O3/c1-46-28-13-11-26(34(20-28)47-2)23-44-35(14-12-25-21-39-31-9-5-3-7-29(25)31)42-43-36(44)33(41-37(45)24-15-17-38-18-16-24)19-27-22-40-32-10-6-4-8-30(27)32/h3-11,13,20-22,24,33,38-40H,12,14-19,23H2,1-2H3,(H,41,45)/p+1. The van der Waals surface area contributed by atoms with Gasteiger partial charge in [-0.1, -0.05) is 36.4 Å². The van der Waals surface area contributed by atoms with Crippen molar-refractivity contribution in [3.63, 3.8) is 0 Å². The summed E-state index contributed by atoms with van der Waals surface area (Å²) in [4.78, 5) is 20.6. The number of methoxy groups -OCH3 is 2. The minimum Gasteiger partial charge on any atom is -0.497 e. The third kappa shape index (κ3) is 6.46. The number of carbonyl (C=O) groups excluding carboxylic acids is 1. The van der Waals surface area contributed by atoms with Crippen LogP contribution in [0.5, 0.6) is 11.5 Å². The van der Waals surface area contributed by atoms with E-state index in [1.165, 1.54) is 10.9 Å². The Balaban J connectivity index is 1.27. The quantitative estimate of drug-likeness (QED) is 0.159. The van der Waals surface area contributed by atoms with Crippen LogP contribution in [-0.4, -0.2) is 57.9 Å². The number of fused-ring (bicyclic) bond motifs is 2. The summed E-state index contributed by atoms with van der Waals surface area (Å²) in [6.45, 7) is 2.42. The minimum absolute atomic E-state index is 0.00938. The molecule has 1 atom stereocenters. The van der Waals surface area contributed by atoms with Crippen LogP contribution in [-0.2, 0) is 30.6 Å². The van der Waals surface area contributed by atoms with Crippen LogP contribution in [0.4, 0.5) is 0 Å². The summed E-state index contributed by atoms with van der Waals surface area (Å²) in [6.07, 6.45) is 7.92. The fourth-order valence-corrected chi connectivity index (χ4v) is 6.91. The largest absolute Gasteiger partial charge is 0.497 e. The first-order valence-corrected chi connectivity index (χ1v) is 16.5. The Bertz CT molecular complexity index is 1980. The fraction of sp³-hybridized carbons (Fsp3) is 0.324. The SMILES string of the molecule is COc1ccc(Cn2c(CCc3c[nH]c4ccccc34)nnc2C(Cc2c[nH]c3ccccc23)NC(=O)C2CC[NH2+]CC2)c(OC)c1. The van der Waals surface area contributed by atoms with Crippen LogP contribution >= 0.6 is 0 Å². The Morgan fingerprint density at radius 3 is 2.32 bits per heavy atom. The number of hydrogen-bond donors (Lipinski definition) is 4. The predicted molar refractivity (Wildman–Crippen MR) is 182 cm³/mol. The van der Waals surface area contributed by atoms with E-state index in [1.54, 1.807) is 14.2 Å². The molecular formula is C37H42N7O3+. The predicted octanol–water partition coefficient (Wildman–Crippen LogP) is 4.46. The van der Waals surface area contributed by atoms with Gasteiger partial charge < -0.3 is 34.6 Å². The van der Waals surface area contributed by atoms with Gasteiger partial charge in [-0.05, 0) is 41.8 Å². The highest BCUT2D eigenvalue weighted by Crippen LogP contribution is 2.30. The third-order valence-electron chi connectivity index (χ3n) is 9.51. The Hall–Kier alpha value is -5.09. The highest BCUT2D eigenvalue weighted by Gasteiger charge is 2.30. The molecule has 0 saturated carbocycles. The van der Waals surface area contributed by atoms with Crippen LogP contribution in [0.2, 0.25) is 0 Å². The normalized spacial score (nSPS) is 14.4. The van der Waals surface area contributed by atoms with Crippen molar-refractivity contribution < 1.29 is 19.6 Å². The second-order valence-corrected chi connectivity index (χ2v) is 12.4. The van der Waals surface area contributed by atoms with Crippen molar-refractivity contribution in [2.75, 3.05) is 27.3 Å². The van der Waals surface area contributed by atoms with Crippen LogP contribution in [0.25, 0.3) is 21.8 Å². The number of nitrogens with two attached hydrogens (primary N) is 1. The van der Waals surface area contributed by atoms with Gasteiger partial charge in [0.15, 0.2) is 5.82 Å². The summed E-state index contributed by atoms with van der Waals surface area (Å²) < 4.78 is 13.5. The lowest BCUT2D eigenvalue weighted by atomic mass is 9.96. The van der Waals surface area contributed by atoms with E-state index < -0.39 is 0 Å². The number of para-hydroxylation sites is 2. The molecule has 3 aromatic heterocycles. The average Bonchev–Trinajstić information content (AvgIpc) is 3.84. The highest BCUT2D eigenvalue weighted by molar-refractivity contribution is 5.84. The van der Waals surface area contributed by atoms with Crippen molar-refractivity contribution in [3.8, 4) is 11.5 Å². The molecule has 0 aliphatic carbocycles. The summed E-state index contributed by atoms with van der Waals surface area (Å²) in [5.74, 6) is 3.11. The van der Waals surface area contributed by atoms with Crippen molar-refractivity contribution in [3.05, 3.63) is 107 Å². The molecule has 47 heavy (non-hydrogen) atoms. The Kier molecular flexibility index (Phi) is 8.92. The number of benzene rings is 3. The maximum absolute atomic E-state index is 13.8. The van der Waals surface area contributed by atoms with Gasteiger partial charge in [-0.2, -0.15) is 0 Å². The van der Waals surface area contributed by atoms with E-state index in [4.69, 9.17) is 19.7 Å². The number of piperidine rings is 1. The van der Waals surface area contributed by atoms with Crippen molar-refractivity contribution in [2.45, 2.75) is 44.7 Å². The topological polar surface area (TPSA) is 126 Å². The van der Waals surface area contributed by atoms with E-state index >= 15 is 0 Å². The van der Waals surface area contributed by atoms with E-state index in [1.807, 2.05) is 42.6 Å². The van der Waals surface area contributed by atoms with Crippen LogP contribution in [0.3, 0.4) is 0 Å². The average molecular weight is 633 g/mol. The zero-order valence-corrected chi connectivity index (χ0v) is 27.0. The molecule has 242 valence electrons. The molecule has 5 N–H and O–H groups in total. The van der Waals surface area contributed by atoms with E-state index in [2.05, 4.69) is 61.7 Å². The smallest absolute Gasteiger partial charge is 0.224 e. The first-order valence-electron chi connectivity index (χ1n) is 16.5. The first-order chi connectivity index (χ1) is 23.1. The van der Waals surface area contributed by atoms with Gasteiger partial charge in [-0.25, -0.2) is 0 Å². The van der Waals surface area contributed by atoms with Gasteiger partial charge in [0.25, 0.3) is 0 Å². The lowest BCUT2D eigenvalue weighted by molar-refractivity contribution is -0.664. The molecule has 0 spiro atoms. The van der Waals surface area contributed by atoms with E-state index in [-0.39, 0.29) is 17.9 Å². The lowest BCUT2D eigenvalue weighted by Crippen LogP contribution is -2.86. The fourth-order valence-electron chi connectivity index (χ4n) is 6.91. The summed E-state index contributed by atoms with van der Waals surface area (Å²) in [5, 5.41) is 17.7. The zero-order valence-electron chi connectivity index (χ0n) is 27.0. The van der Waals surface area contributed by atoms with Gasteiger partial charge in [0.2, 0.25) is 5.91 Å². The molecule has 1 fully saturated rings. The number of amides is 1. The van der Waals surface area contributed by atoms with E-state index in [9.17, 15) is 4.79 Å². The number of quaternary nitrogens is 1. The van der Waals surface area contributed by atoms with Crippen molar-refractivity contribution in [2.24, 2.45) is 5.92 Å². The van der Waals surface area contributed by atoms with Gasteiger partial charge >= 0.3 is 0 Å². The maximum atomic E-state index is 13.8. The van der Waals surface area contributed by atoms with Crippen LogP contribution < -0.4 is 20.1 Å². The number of carbonyl (C=O) groups is 1. The zero-order chi connectivity index (χ0) is 32.2. The molecule has 1 aliphatic rings. The molecule has 1 amide bonds. The maximum Gasteiger partial charge on any atom is 0.224 e. The highest BCUT2D eigenvalue weighted by atomic mass is 16.5. The molecule has 7 rings (SSSR count). The minimum atomic E-state index is -0.383. The third-order valence-corrected chi connectivity index (χ3v) is 9.51. The van der Waals surface area contributed by atoms with Crippen molar-refractivity contribution >= 4 is 27.7 Å². The van der Waals surface area contributed by atoms with Crippen molar-refractivity contribution in [1.29, 1.82) is 0 Å². The summed E-state index contributed by atoms with van der Waals surface area (Å²) >= 11 is 0. The molecule has 1 aliphatic heterocycles. The van der Waals surface area contributed by atoms with Crippen LogP contribution in [0, 0.1) is 5.92 Å². The summed E-state index contributed by atoms with van der Waals surface area (Å²) in [5.41, 5.74) is 5.52. The van der Waals surface area contributed by atoms with Crippen LogP contribution in [0.15, 0.2) is 79.1 Å². The Labute approximate surface area is 273 Å². The second-order valence-electron chi connectivity index (χ2n) is 12.4. The number of nitrogens with one attached hydrogen (secondary N) is 3. The van der Waals surface area contributed by atoms with E-state index in [0.717, 1.165) is 83.0 Å². The molecule has 1 unspecified atom stereocenters. The Morgan fingerprint density at radius 2 is 1.60 bits per heavy atom. The monoisotopic (exact) mass is 632 g/mol. The number of H-pyrrole nitrogens is 2. The summed E-state index contributed by atoms with van der Waals surface area (Å²) in [7, 11) is 3.32. The summed E-state index contributed by atoms with van der Waals surface area (Å²) in [6, 6.07) is 22.1. The molecule has 0 bridgehead atoms. The molecule has 6 aromatic rings. The second kappa shape index (κ2) is 13.7. The molecular weight excluding hydrogens is 590 g/mol. The molecule has 10 nitrogen and oxygen atoms in total. The van der Waals surface area contributed by atoms with Gasteiger partial charge in [-0.3, -0.25) is 4.79 Å². The van der Waals surface area contributed by atoms with Gasteiger partial charge in [0.1, 0.15) is 17.3 Å². The number of rotatable bonds is 12. The first kappa shape index (κ1) is 30.6. The Morgan fingerprint density at radius 1 is 0.894 bits per heavy atom. The van der Waals surface area contributed by atoms with Crippen LogP contribution in [0.1, 0.15) is 47.2 Å². The van der Waals surface area contributed by atoms with Gasteiger partial charge in [-0.15, -0.1) is 10.2 Å². The van der Waals surface area contributed by atoms with Crippen molar-refractivity contribution in [1.82, 2.24) is 30.0 Å².